The van der Waals surface area contributed by atoms with Crippen LogP contribution in [0.15, 0.2) is 42.5 Å². The van der Waals surface area contributed by atoms with E-state index in [1.165, 1.54) is 16.8 Å². The number of rotatable bonds is 4. The van der Waals surface area contributed by atoms with Gasteiger partial charge in [0.2, 0.25) is 0 Å². The minimum Gasteiger partial charge on any atom is -0.491 e. The minimum atomic E-state index is 0.694. The molecule has 0 aromatic heterocycles. The topological polar surface area (TPSA) is 38.5 Å². The van der Waals surface area contributed by atoms with Gasteiger partial charge in [-0.05, 0) is 49.1 Å². The summed E-state index contributed by atoms with van der Waals surface area (Å²) in [5, 5.41) is 0. The minimum absolute atomic E-state index is 0.694. The molecule has 2 aromatic rings. The summed E-state index contributed by atoms with van der Waals surface area (Å²) in [7, 11) is 0. The molecule has 1 aliphatic rings. The highest BCUT2D eigenvalue weighted by atomic mass is 16.5. The maximum atomic E-state index is 6.09. The van der Waals surface area contributed by atoms with Crippen LogP contribution in [-0.4, -0.2) is 19.7 Å². The summed E-state index contributed by atoms with van der Waals surface area (Å²) in [4.78, 5) is 2.38. The number of hydrogen-bond acceptors (Lipinski definition) is 3. The lowest BCUT2D eigenvalue weighted by Crippen LogP contribution is -2.33. The van der Waals surface area contributed by atoms with E-state index in [2.05, 4.69) is 24.0 Å². The number of anilines is 2. The van der Waals surface area contributed by atoms with Crippen LogP contribution >= 0.6 is 0 Å². The van der Waals surface area contributed by atoms with Gasteiger partial charge in [0.1, 0.15) is 12.4 Å². The molecule has 0 fully saturated rings. The number of aryl methyl sites for hydroxylation is 1. The van der Waals surface area contributed by atoms with Crippen LogP contribution in [0.1, 0.15) is 17.5 Å². The van der Waals surface area contributed by atoms with Gasteiger partial charge in [-0.1, -0.05) is 24.3 Å². The summed E-state index contributed by atoms with van der Waals surface area (Å²) in [6.45, 7) is 4.74. The monoisotopic (exact) mass is 282 g/mol. The van der Waals surface area contributed by atoms with Crippen LogP contribution in [-0.2, 0) is 6.42 Å². The first-order chi connectivity index (χ1) is 10.3. The largest absolute Gasteiger partial charge is 0.491 e. The van der Waals surface area contributed by atoms with Crippen molar-refractivity contribution in [2.45, 2.75) is 19.8 Å². The van der Waals surface area contributed by atoms with E-state index in [-0.39, 0.29) is 0 Å². The summed E-state index contributed by atoms with van der Waals surface area (Å²) >= 11 is 0. The Hall–Kier alpha value is -2.16. The van der Waals surface area contributed by atoms with Gasteiger partial charge >= 0.3 is 0 Å². The molecule has 2 N–H and O–H groups in total. The van der Waals surface area contributed by atoms with Crippen LogP contribution in [0.3, 0.4) is 0 Å². The van der Waals surface area contributed by atoms with Gasteiger partial charge in [-0.2, -0.15) is 0 Å². The summed E-state index contributed by atoms with van der Waals surface area (Å²) in [5.41, 5.74) is 10.7. The van der Waals surface area contributed by atoms with Crippen LogP contribution in [0, 0.1) is 6.92 Å². The zero-order valence-electron chi connectivity index (χ0n) is 12.5. The molecule has 1 heterocycles. The average molecular weight is 282 g/mol. The standard InChI is InChI=1S/C18H22N2O/c1-14-6-2-3-10-18(14)21-13-12-20-11-5-7-15-16(19)8-4-9-17(15)20/h2-4,6,8-10H,5,7,11-13,19H2,1H3. The third-order valence-corrected chi connectivity index (χ3v) is 4.10. The van der Waals surface area contributed by atoms with Crippen molar-refractivity contribution >= 4 is 11.4 Å². The summed E-state index contributed by atoms with van der Waals surface area (Å²) in [6.07, 6.45) is 2.24. The number of nitrogens with zero attached hydrogens (tertiary/aromatic N) is 1. The Morgan fingerprint density at radius 3 is 2.86 bits per heavy atom. The molecular weight excluding hydrogens is 260 g/mol. The number of para-hydroxylation sites is 1. The third kappa shape index (κ3) is 2.97. The van der Waals surface area contributed by atoms with Crippen molar-refractivity contribution < 1.29 is 4.74 Å². The predicted octanol–water partition coefficient (Wildman–Crippen LogP) is 3.41. The molecule has 0 saturated heterocycles. The molecule has 0 spiro atoms. The van der Waals surface area contributed by atoms with Crippen molar-refractivity contribution in [2.24, 2.45) is 0 Å². The Morgan fingerprint density at radius 2 is 2.00 bits per heavy atom. The number of hydrogen-bond donors (Lipinski definition) is 1. The Balaban J connectivity index is 1.65. The summed E-state index contributed by atoms with van der Waals surface area (Å²) < 4.78 is 5.91. The normalized spacial score (nSPS) is 13.9. The van der Waals surface area contributed by atoms with Crippen molar-refractivity contribution in [3.05, 3.63) is 53.6 Å². The fourth-order valence-electron chi connectivity index (χ4n) is 2.94. The smallest absolute Gasteiger partial charge is 0.122 e. The van der Waals surface area contributed by atoms with Gasteiger partial charge in [0.05, 0.1) is 6.54 Å². The molecule has 0 saturated carbocycles. The van der Waals surface area contributed by atoms with Crippen molar-refractivity contribution in [1.82, 2.24) is 0 Å². The second-order valence-corrected chi connectivity index (χ2v) is 5.55. The molecule has 0 unspecified atom stereocenters. The Morgan fingerprint density at radius 1 is 1.14 bits per heavy atom. The molecule has 0 bridgehead atoms. The first kappa shape index (κ1) is 13.8. The van der Waals surface area contributed by atoms with E-state index in [4.69, 9.17) is 10.5 Å². The molecule has 2 aromatic carbocycles. The third-order valence-electron chi connectivity index (χ3n) is 4.10. The molecule has 1 aliphatic heterocycles. The van der Waals surface area contributed by atoms with Gasteiger partial charge in [-0.3, -0.25) is 0 Å². The lowest BCUT2D eigenvalue weighted by molar-refractivity contribution is 0.320. The lowest BCUT2D eigenvalue weighted by Gasteiger charge is -2.32. The molecule has 0 radical (unpaired) electrons. The van der Waals surface area contributed by atoms with E-state index in [0.717, 1.165) is 37.4 Å². The Bertz CT molecular complexity index is 624. The van der Waals surface area contributed by atoms with Crippen LogP contribution < -0.4 is 15.4 Å². The van der Waals surface area contributed by atoms with Gasteiger partial charge in [-0.15, -0.1) is 0 Å². The molecule has 21 heavy (non-hydrogen) atoms. The van der Waals surface area contributed by atoms with E-state index >= 15 is 0 Å². The molecule has 0 amide bonds. The van der Waals surface area contributed by atoms with E-state index in [1.807, 2.05) is 30.3 Å². The highest BCUT2D eigenvalue weighted by Crippen LogP contribution is 2.31. The molecule has 3 heteroatoms. The van der Waals surface area contributed by atoms with Gasteiger partial charge < -0.3 is 15.4 Å². The molecular formula is C18H22N2O. The maximum Gasteiger partial charge on any atom is 0.122 e. The zero-order chi connectivity index (χ0) is 14.7. The average Bonchev–Trinajstić information content (AvgIpc) is 2.50. The van der Waals surface area contributed by atoms with Crippen molar-refractivity contribution in [3.8, 4) is 5.75 Å². The van der Waals surface area contributed by atoms with Gasteiger partial charge in [0, 0.05) is 17.9 Å². The molecule has 110 valence electrons. The van der Waals surface area contributed by atoms with Crippen molar-refractivity contribution in [3.63, 3.8) is 0 Å². The first-order valence-corrected chi connectivity index (χ1v) is 7.56. The number of nitrogens with two attached hydrogens (primary N) is 1. The highest BCUT2D eigenvalue weighted by Gasteiger charge is 2.18. The van der Waals surface area contributed by atoms with Crippen LogP contribution in [0.5, 0.6) is 5.75 Å². The van der Waals surface area contributed by atoms with Crippen molar-refractivity contribution in [1.29, 1.82) is 0 Å². The van der Waals surface area contributed by atoms with Gasteiger partial charge in [0.15, 0.2) is 0 Å². The number of ether oxygens (including phenoxy) is 1. The van der Waals surface area contributed by atoms with E-state index in [9.17, 15) is 0 Å². The van der Waals surface area contributed by atoms with Gasteiger partial charge in [0.25, 0.3) is 0 Å². The summed E-state index contributed by atoms with van der Waals surface area (Å²) in [6, 6.07) is 14.3. The highest BCUT2D eigenvalue weighted by molar-refractivity contribution is 5.66. The first-order valence-electron chi connectivity index (χ1n) is 7.56. The lowest BCUT2D eigenvalue weighted by atomic mass is 10.00. The quantitative estimate of drug-likeness (QED) is 0.873. The maximum absolute atomic E-state index is 6.09. The SMILES string of the molecule is Cc1ccccc1OCCN1CCCc2c(N)cccc21. The Kier molecular flexibility index (Phi) is 4.00. The fraction of sp³-hybridized carbons (Fsp3) is 0.333. The number of fused-ring (bicyclic) bond motifs is 1. The molecule has 3 rings (SSSR count). The zero-order valence-corrected chi connectivity index (χ0v) is 12.5. The van der Waals surface area contributed by atoms with Crippen LogP contribution in [0.25, 0.3) is 0 Å². The summed E-state index contributed by atoms with van der Waals surface area (Å²) in [5.74, 6) is 0.974. The molecule has 0 atom stereocenters. The van der Waals surface area contributed by atoms with E-state index in [0.29, 0.717) is 6.61 Å². The Labute approximate surface area is 126 Å². The van der Waals surface area contributed by atoms with Crippen LogP contribution in [0.2, 0.25) is 0 Å². The molecule has 0 aliphatic carbocycles. The second kappa shape index (κ2) is 6.08. The predicted molar refractivity (Wildman–Crippen MR) is 88.1 cm³/mol. The number of benzene rings is 2. The fourth-order valence-corrected chi connectivity index (χ4v) is 2.94. The van der Waals surface area contributed by atoms with Gasteiger partial charge in [-0.25, -0.2) is 0 Å². The number of nitrogen functional groups attached to an aromatic ring is 1. The van der Waals surface area contributed by atoms with Crippen LogP contribution in [0.4, 0.5) is 11.4 Å². The second-order valence-electron chi connectivity index (χ2n) is 5.55. The van der Waals surface area contributed by atoms with Crippen molar-refractivity contribution in [2.75, 3.05) is 30.3 Å². The molecule has 3 nitrogen and oxygen atoms in total. The van der Waals surface area contributed by atoms with E-state index in [1.54, 1.807) is 0 Å². The van der Waals surface area contributed by atoms with E-state index < -0.39 is 0 Å².